The molecule has 0 radical (unpaired) electrons. The monoisotopic (exact) mass is 404 g/mol. The van der Waals surface area contributed by atoms with Crippen molar-refractivity contribution >= 4 is 39.5 Å². The SMILES string of the molecule is Cc1ccc(NC(=O)CN(C)C(=O)/C=C/c2cc(Br)ccc2F)cc1. The van der Waals surface area contributed by atoms with Crippen LogP contribution in [0.5, 0.6) is 0 Å². The predicted octanol–water partition coefficient (Wildman–Crippen LogP) is 4.01. The topological polar surface area (TPSA) is 49.4 Å². The summed E-state index contributed by atoms with van der Waals surface area (Å²) in [6.07, 6.45) is 2.63. The van der Waals surface area contributed by atoms with Crippen molar-refractivity contribution in [2.45, 2.75) is 6.92 Å². The number of hydrogen-bond donors (Lipinski definition) is 1. The molecule has 2 aromatic rings. The first kappa shape index (κ1) is 18.9. The molecule has 1 N–H and O–H groups in total. The third kappa shape index (κ3) is 5.83. The third-order valence-electron chi connectivity index (χ3n) is 3.46. The second-order valence-corrected chi connectivity index (χ2v) is 6.52. The third-order valence-corrected chi connectivity index (χ3v) is 3.95. The Labute approximate surface area is 154 Å². The number of halogens is 2. The van der Waals surface area contributed by atoms with E-state index < -0.39 is 11.7 Å². The lowest BCUT2D eigenvalue weighted by atomic mass is 10.2. The van der Waals surface area contributed by atoms with E-state index in [4.69, 9.17) is 0 Å². The van der Waals surface area contributed by atoms with Crippen LogP contribution < -0.4 is 5.32 Å². The minimum absolute atomic E-state index is 0.0992. The van der Waals surface area contributed by atoms with Gasteiger partial charge in [-0.15, -0.1) is 0 Å². The van der Waals surface area contributed by atoms with E-state index in [1.165, 1.54) is 30.2 Å². The molecule has 2 amide bonds. The summed E-state index contributed by atoms with van der Waals surface area (Å²) in [5.74, 6) is -1.12. The van der Waals surface area contributed by atoms with E-state index >= 15 is 0 Å². The van der Waals surface area contributed by atoms with Crippen molar-refractivity contribution in [1.82, 2.24) is 4.90 Å². The Morgan fingerprint density at radius 2 is 1.88 bits per heavy atom. The Hall–Kier alpha value is -2.47. The zero-order chi connectivity index (χ0) is 18.4. The van der Waals surface area contributed by atoms with Crippen LogP contribution in [-0.2, 0) is 9.59 Å². The van der Waals surface area contributed by atoms with Gasteiger partial charge >= 0.3 is 0 Å². The number of carbonyl (C=O) groups is 2. The molecule has 25 heavy (non-hydrogen) atoms. The van der Waals surface area contributed by atoms with Gasteiger partial charge in [-0.05, 0) is 43.3 Å². The van der Waals surface area contributed by atoms with Crippen LogP contribution in [0.4, 0.5) is 10.1 Å². The van der Waals surface area contributed by atoms with Crippen molar-refractivity contribution in [2.75, 3.05) is 18.9 Å². The van der Waals surface area contributed by atoms with Gasteiger partial charge in [-0.2, -0.15) is 0 Å². The normalized spacial score (nSPS) is 10.7. The predicted molar refractivity (Wildman–Crippen MR) is 101 cm³/mol. The van der Waals surface area contributed by atoms with Gasteiger partial charge in [0.05, 0.1) is 6.54 Å². The van der Waals surface area contributed by atoms with Crippen molar-refractivity contribution < 1.29 is 14.0 Å². The molecule has 6 heteroatoms. The van der Waals surface area contributed by atoms with Crippen molar-refractivity contribution in [1.29, 1.82) is 0 Å². The maximum atomic E-state index is 13.6. The highest BCUT2D eigenvalue weighted by atomic mass is 79.9. The van der Waals surface area contributed by atoms with Gasteiger partial charge in [-0.3, -0.25) is 9.59 Å². The minimum Gasteiger partial charge on any atom is -0.333 e. The first-order valence-electron chi connectivity index (χ1n) is 7.60. The summed E-state index contributed by atoms with van der Waals surface area (Å²) in [5.41, 5.74) is 2.05. The lowest BCUT2D eigenvalue weighted by molar-refractivity contribution is -0.129. The van der Waals surface area contributed by atoms with Gasteiger partial charge < -0.3 is 10.2 Å². The molecule has 0 heterocycles. The highest BCUT2D eigenvalue weighted by molar-refractivity contribution is 9.10. The largest absolute Gasteiger partial charge is 0.333 e. The van der Waals surface area contributed by atoms with Crippen LogP contribution in [-0.4, -0.2) is 30.3 Å². The van der Waals surface area contributed by atoms with Gasteiger partial charge in [0.2, 0.25) is 11.8 Å². The number of rotatable bonds is 5. The number of hydrogen-bond acceptors (Lipinski definition) is 2. The zero-order valence-corrected chi connectivity index (χ0v) is 15.5. The molecule has 130 valence electrons. The lowest BCUT2D eigenvalue weighted by Gasteiger charge is -2.15. The van der Waals surface area contributed by atoms with Gasteiger partial charge in [0.15, 0.2) is 0 Å². The Balaban J connectivity index is 1.93. The molecular weight excluding hydrogens is 387 g/mol. The number of nitrogens with zero attached hydrogens (tertiary/aromatic N) is 1. The first-order chi connectivity index (χ1) is 11.8. The van der Waals surface area contributed by atoms with E-state index in [0.29, 0.717) is 15.7 Å². The maximum absolute atomic E-state index is 13.6. The van der Waals surface area contributed by atoms with Crippen LogP contribution in [0, 0.1) is 12.7 Å². The minimum atomic E-state index is -0.424. The summed E-state index contributed by atoms with van der Waals surface area (Å²) in [6.45, 7) is 1.86. The van der Waals surface area contributed by atoms with E-state index in [9.17, 15) is 14.0 Å². The number of benzene rings is 2. The number of likely N-dealkylation sites (N-methyl/N-ethyl adjacent to an activating group) is 1. The van der Waals surface area contributed by atoms with E-state index in [-0.39, 0.29) is 12.5 Å². The molecule has 0 saturated carbocycles. The van der Waals surface area contributed by atoms with E-state index in [1.807, 2.05) is 19.1 Å². The van der Waals surface area contributed by atoms with Crippen LogP contribution in [0.2, 0.25) is 0 Å². The Kier molecular flexibility index (Phi) is 6.47. The summed E-state index contributed by atoms with van der Waals surface area (Å²) in [4.78, 5) is 25.3. The van der Waals surface area contributed by atoms with Crippen LogP contribution in [0.3, 0.4) is 0 Å². The van der Waals surface area contributed by atoms with Gasteiger partial charge in [-0.25, -0.2) is 4.39 Å². The molecule has 2 aromatic carbocycles. The molecule has 4 nitrogen and oxygen atoms in total. The second-order valence-electron chi connectivity index (χ2n) is 5.61. The molecule has 0 aliphatic carbocycles. The van der Waals surface area contributed by atoms with Crippen LogP contribution >= 0.6 is 15.9 Å². The fraction of sp³-hybridized carbons (Fsp3) is 0.158. The number of carbonyl (C=O) groups excluding carboxylic acids is 2. The number of anilines is 1. The van der Waals surface area contributed by atoms with Crippen molar-refractivity contribution in [2.24, 2.45) is 0 Å². The van der Waals surface area contributed by atoms with Crippen LogP contribution in [0.15, 0.2) is 53.0 Å². The summed E-state index contributed by atoms with van der Waals surface area (Å²) < 4.78 is 14.4. The van der Waals surface area contributed by atoms with E-state index in [0.717, 1.165) is 5.56 Å². The van der Waals surface area contributed by atoms with Gasteiger partial charge in [0, 0.05) is 28.8 Å². The van der Waals surface area contributed by atoms with Crippen molar-refractivity contribution in [3.8, 4) is 0 Å². The van der Waals surface area contributed by atoms with Gasteiger partial charge in [-0.1, -0.05) is 33.6 Å². The summed E-state index contributed by atoms with van der Waals surface area (Å²) >= 11 is 3.25. The molecule has 0 bridgehead atoms. The molecule has 0 aliphatic heterocycles. The molecule has 2 rings (SSSR count). The standard InChI is InChI=1S/C19H18BrFN2O2/c1-13-3-7-16(8-4-13)22-18(24)12-23(2)19(25)10-5-14-11-15(20)6-9-17(14)21/h3-11H,12H2,1-2H3,(H,22,24)/b10-5+. The first-order valence-corrected chi connectivity index (χ1v) is 8.39. The van der Waals surface area contributed by atoms with E-state index in [1.54, 1.807) is 24.3 Å². The average Bonchev–Trinajstić information content (AvgIpc) is 2.57. The van der Waals surface area contributed by atoms with Crippen LogP contribution in [0.25, 0.3) is 6.08 Å². The number of nitrogens with one attached hydrogen (secondary N) is 1. The molecule has 0 unspecified atom stereocenters. The summed E-state index contributed by atoms with van der Waals surface area (Å²) in [5, 5.41) is 2.72. The fourth-order valence-electron chi connectivity index (χ4n) is 2.06. The molecule has 0 saturated heterocycles. The van der Waals surface area contributed by atoms with Gasteiger partial charge in [0.1, 0.15) is 5.82 Å². The zero-order valence-electron chi connectivity index (χ0n) is 13.9. The van der Waals surface area contributed by atoms with E-state index in [2.05, 4.69) is 21.2 Å². The summed E-state index contributed by atoms with van der Waals surface area (Å²) in [6, 6.07) is 11.8. The average molecular weight is 405 g/mol. The molecule has 0 fully saturated rings. The Bertz CT molecular complexity index is 804. The lowest BCUT2D eigenvalue weighted by Crippen LogP contribution is -2.33. The second kappa shape index (κ2) is 8.58. The fourth-order valence-corrected chi connectivity index (χ4v) is 2.44. The molecule has 0 spiro atoms. The van der Waals surface area contributed by atoms with Crippen molar-refractivity contribution in [3.63, 3.8) is 0 Å². The molecular formula is C19H18BrFN2O2. The number of aryl methyl sites for hydroxylation is 1. The molecule has 0 aliphatic rings. The van der Waals surface area contributed by atoms with Gasteiger partial charge in [0.25, 0.3) is 0 Å². The maximum Gasteiger partial charge on any atom is 0.246 e. The Morgan fingerprint density at radius 1 is 1.20 bits per heavy atom. The smallest absolute Gasteiger partial charge is 0.246 e. The van der Waals surface area contributed by atoms with Crippen LogP contribution in [0.1, 0.15) is 11.1 Å². The van der Waals surface area contributed by atoms with Crippen molar-refractivity contribution in [3.05, 3.63) is 70.0 Å². The highest BCUT2D eigenvalue weighted by Gasteiger charge is 2.11. The molecule has 0 aromatic heterocycles. The highest BCUT2D eigenvalue weighted by Crippen LogP contribution is 2.16. The Morgan fingerprint density at radius 3 is 2.56 bits per heavy atom. The number of amides is 2. The summed E-state index contributed by atoms with van der Waals surface area (Å²) in [7, 11) is 1.51. The quantitative estimate of drug-likeness (QED) is 0.765. The molecule has 0 atom stereocenters.